The number of nitro benzene ring substituents is 1. The third-order valence-electron chi connectivity index (χ3n) is 2.87. The first-order valence-electron chi connectivity index (χ1n) is 6.67. The molecule has 0 aliphatic rings. The number of nitrogens with zero attached hydrogens (tertiary/aromatic N) is 2. The van der Waals surface area contributed by atoms with E-state index in [0.29, 0.717) is 11.3 Å². The van der Waals surface area contributed by atoms with E-state index < -0.39 is 11.0 Å². The molecular formula is C16H14N4O3. The molecule has 0 atom stereocenters. The number of allylic oxidation sites excluding steroid dienone is 1. The number of carbonyl (C=O) groups is 1. The van der Waals surface area contributed by atoms with Gasteiger partial charge in [-0.1, -0.05) is 48.5 Å². The fraction of sp³-hybridized carbons (Fsp3) is 0. The molecule has 0 aliphatic carbocycles. The topological polar surface area (TPSA) is 111 Å². The number of carbonyl (C=O) groups excluding carboxylic acids is 1. The Morgan fingerprint density at radius 1 is 1.17 bits per heavy atom. The molecule has 2 amide bonds. The van der Waals surface area contributed by atoms with Gasteiger partial charge in [0.15, 0.2) is 0 Å². The third kappa shape index (κ3) is 4.78. The summed E-state index contributed by atoms with van der Waals surface area (Å²) in [7, 11) is 0. The van der Waals surface area contributed by atoms with Crippen LogP contribution in [0.5, 0.6) is 0 Å². The van der Waals surface area contributed by atoms with E-state index in [0.717, 1.165) is 5.56 Å². The van der Waals surface area contributed by atoms with Crippen molar-refractivity contribution in [3.8, 4) is 0 Å². The van der Waals surface area contributed by atoms with E-state index in [1.54, 1.807) is 24.3 Å². The van der Waals surface area contributed by atoms with Gasteiger partial charge in [-0.2, -0.15) is 5.10 Å². The van der Waals surface area contributed by atoms with Crippen molar-refractivity contribution in [3.63, 3.8) is 0 Å². The minimum absolute atomic E-state index is 0.000566. The molecule has 0 bridgehead atoms. The standard InChI is InChI=1S/C16H14N4O3/c17-16(21)19-18-15(13-6-2-1-3-7-13)10-9-12-5-4-8-14(11-12)20(22)23/h1-11H,(H3,17,19,21)/b10-9+,18-15+. The van der Waals surface area contributed by atoms with Crippen LogP contribution in [0.15, 0.2) is 65.8 Å². The Bertz CT molecular complexity index is 770. The Labute approximate surface area is 132 Å². The van der Waals surface area contributed by atoms with Gasteiger partial charge in [-0.3, -0.25) is 10.1 Å². The third-order valence-corrected chi connectivity index (χ3v) is 2.87. The number of nitrogens with two attached hydrogens (primary N) is 1. The second kappa shape index (κ2) is 7.51. The lowest BCUT2D eigenvalue weighted by atomic mass is 10.1. The van der Waals surface area contributed by atoms with E-state index >= 15 is 0 Å². The highest BCUT2D eigenvalue weighted by atomic mass is 16.6. The molecular weight excluding hydrogens is 296 g/mol. The predicted octanol–water partition coefficient (Wildman–Crippen LogP) is 2.68. The summed E-state index contributed by atoms with van der Waals surface area (Å²) >= 11 is 0. The molecule has 2 aromatic rings. The van der Waals surface area contributed by atoms with E-state index in [9.17, 15) is 14.9 Å². The number of primary amides is 1. The van der Waals surface area contributed by atoms with Crippen molar-refractivity contribution in [2.45, 2.75) is 0 Å². The molecule has 7 heteroatoms. The van der Waals surface area contributed by atoms with Crippen LogP contribution in [-0.2, 0) is 0 Å². The fourth-order valence-electron chi connectivity index (χ4n) is 1.84. The minimum Gasteiger partial charge on any atom is -0.350 e. The van der Waals surface area contributed by atoms with Gasteiger partial charge in [0.25, 0.3) is 5.69 Å². The zero-order valence-corrected chi connectivity index (χ0v) is 12.0. The van der Waals surface area contributed by atoms with E-state index in [1.807, 2.05) is 30.3 Å². The first-order chi connectivity index (χ1) is 11.1. The highest BCUT2D eigenvalue weighted by Crippen LogP contribution is 2.14. The molecule has 7 nitrogen and oxygen atoms in total. The zero-order chi connectivity index (χ0) is 16.7. The van der Waals surface area contributed by atoms with Crippen molar-refractivity contribution in [1.82, 2.24) is 5.43 Å². The van der Waals surface area contributed by atoms with Crippen molar-refractivity contribution in [2.24, 2.45) is 10.8 Å². The Morgan fingerprint density at radius 2 is 1.91 bits per heavy atom. The molecule has 2 rings (SSSR count). The van der Waals surface area contributed by atoms with Crippen molar-refractivity contribution < 1.29 is 9.72 Å². The van der Waals surface area contributed by atoms with Crippen LogP contribution in [0.3, 0.4) is 0 Å². The molecule has 116 valence electrons. The Balaban J connectivity index is 2.30. The number of rotatable bonds is 5. The largest absolute Gasteiger partial charge is 0.350 e. The lowest BCUT2D eigenvalue weighted by molar-refractivity contribution is -0.384. The maximum absolute atomic E-state index is 10.8. The molecule has 0 fully saturated rings. The molecule has 0 spiro atoms. The fourth-order valence-corrected chi connectivity index (χ4v) is 1.84. The number of non-ortho nitro benzene ring substituents is 1. The van der Waals surface area contributed by atoms with Crippen LogP contribution in [0, 0.1) is 10.1 Å². The molecule has 2 aromatic carbocycles. The van der Waals surface area contributed by atoms with Gasteiger partial charge in [0.2, 0.25) is 0 Å². The number of urea groups is 1. The molecule has 0 radical (unpaired) electrons. The number of benzene rings is 2. The summed E-state index contributed by atoms with van der Waals surface area (Å²) in [4.78, 5) is 21.2. The number of hydrazone groups is 1. The van der Waals surface area contributed by atoms with Crippen LogP contribution in [0.1, 0.15) is 11.1 Å². The first kappa shape index (κ1) is 15.9. The van der Waals surface area contributed by atoms with Gasteiger partial charge in [0.1, 0.15) is 0 Å². The predicted molar refractivity (Wildman–Crippen MR) is 87.8 cm³/mol. The maximum Gasteiger partial charge on any atom is 0.332 e. The van der Waals surface area contributed by atoms with E-state index in [2.05, 4.69) is 10.5 Å². The summed E-state index contributed by atoms with van der Waals surface area (Å²) in [5.74, 6) is 0. The van der Waals surface area contributed by atoms with Crippen LogP contribution in [0.25, 0.3) is 6.08 Å². The summed E-state index contributed by atoms with van der Waals surface area (Å²) in [6, 6.07) is 14.6. The SMILES string of the molecule is NC(=O)N/N=C(\C=C\c1cccc([N+](=O)[O-])c1)c1ccccc1. The summed E-state index contributed by atoms with van der Waals surface area (Å²) in [5.41, 5.74) is 9.08. The number of hydrogen-bond acceptors (Lipinski definition) is 4. The van der Waals surface area contributed by atoms with E-state index in [4.69, 9.17) is 5.73 Å². The number of nitro groups is 1. The summed E-state index contributed by atoms with van der Waals surface area (Å²) in [6.45, 7) is 0. The molecule has 0 saturated heterocycles. The Hall–Kier alpha value is -3.48. The van der Waals surface area contributed by atoms with Crippen molar-refractivity contribution >= 4 is 23.5 Å². The molecule has 3 N–H and O–H groups in total. The first-order valence-corrected chi connectivity index (χ1v) is 6.67. The van der Waals surface area contributed by atoms with Gasteiger partial charge in [0.05, 0.1) is 10.6 Å². The quantitative estimate of drug-likeness (QED) is 0.503. The van der Waals surface area contributed by atoms with Gasteiger partial charge < -0.3 is 5.73 Å². The van der Waals surface area contributed by atoms with Crippen molar-refractivity contribution in [2.75, 3.05) is 0 Å². The molecule has 0 unspecified atom stereocenters. The molecule has 0 saturated carbocycles. The summed E-state index contributed by atoms with van der Waals surface area (Å²) in [5, 5.41) is 14.7. The molecule has 23 heavy (non-hydrogen) atoms. The zero-order valence-electron chi connectivity index (χ0n) is 12.0. The maximum atomic E-state index is 10.8. The average Bonchev–Trinajstić information content (AvgIpc) is 2.55. The highest BCUT2D eigenvalue weighted by molar-refractivity contribution is 6.11. The van der Waals surface area contributed by atoms with Gasteiger partial charge in [-0.15, -0.1) is 0 Å². The Kier molecular flexibility index (Phi) is 5.19. The second-order valence-electron chi connectivity index (χ2n) is 4.52. The number of nitrogens with one attached hydrogen (secondary N) is 1. The average molecular weight is 310 g/mol. The number of amides is 2. The summed E-state index contributed by atoms with van der Waals surface area (Å²) in [6.07, 6.45) is 3.31. The van der Waals surface area contributed by atoms with Gasteiger partial charge in [-0.25, -0.2) is 10.2 Å². The molecule has 0 heterocycles. The highest BCUT2D eigenvalue weighted by Gasteiger charge is 2.04. The van der Waals surface area contributed by atoms with Crippen LogP contribution >= 0.6 is 0 Å². The normalized spacial score (nSPS) is 11.4. The smallest absolute Gasteiger partial charge is 0.332 e. The summed E-state index contributed by atoms with van der Waals surface area (Å²) < 4.78 is 0. The number of hydrogen-bond donors (Lipinski definition) is 2. The second-order valence-corrected chi connectivity index (χ2v) is 4.52. The van der Waals surface area contributed by atoms with Gasteiger partial charge in [-0.05, 0) is 11.6 Å². The monoisotopic (exact) mass is 310 g/mol. The molecule has 0 aromatic heterocycles. The van der Waals surface area contributed by atoms with Gasteiger partial charge in [0, 0.05) is 17.7 Å². The lowest BCUT2D eigenvalue weighted by Crippen LogP contribution is -2.25. The van der Waals surface area contributed by atoms with E-state index in [-0.39, 0.29) is 5.69 Å². The van der Waals surface area contributed by atoms with Crippen molar-refractivity contribution in [1.29, 1.82) is 0 Å². The van der Waals surface area contributed by atoms with Gasteiger partial charge >= 0.3 is 6.03 Å². The minimum atomic E-state index is -0.776. The van der Waals surface area contributed by atoms with Crippen molar-refractivity contribution in [3.05, 3.63) is 81.9 Å². The lowest BCUT2D eigenvalue weighted by Gasteiger charge is -2.02. The van der Waals surface area contributed by atoms with E-state index in [1.165, 1.54) is 12.1 Å². The Morgan fingerprint density at radius 3 is 2.57 bits per heavy atom. The van der Waals surface area contributed by atoms with Crippen LogP contribution in [0.4, 0.5) is 10.5 Å². The van der Waals surface area contributed by atoms with Crippen LogP contribution in [0.2, 0.25) is 0 Å². The van der Waals surface area contributed by atoms with Crippen LogP contribution in [-0.4, -0.2) is 16.7 Å². The molecule has 0 aliphatic heterocycles. The van der Waals surface area contributed by atoms with Crippen LogP contribution < -0.4 is 11.2 Å².